The molecule has 0 saturated carbocycles. The van der Waals surface area contributed by atoms with Gasteiger partial charge in [0.05, 0.1) is 6.61 Å². The topological polar surface area (TPSA) is 63.9 Å². The van der Waals surface area contributed by atoms with Gasteiger partial charge in [0, 0.05) is 25.9 Å². The molecule has 0 aromatic carbocycles. The molecule has 2 aromatic heterocycles. The number of halogens is 1. The number of aromatic nitrogens is 2. The Kier molecular flexibility index (Phi) is 5.21. The van der Waals surface area contributed by atoms with Crippen molar-refractivity contribution in [1.82, 2.24) is 13.7 Å². The molecule has 0 atom stereocenters. The SMILES string of the molecule is CCOCCN(CC)S(=O)(=O)c1c(Cl)nc2ccccn12. The number of ether oxygens (including phenoxy) is 1. The van der Waals surface area contributed by atoms with Gasteiger partial charge in [0.2, 0.25) is 0 Å². The molecule has 0 unspecified atom stereocenters. The van der Waals surface area contributed by atoms with Gasteiger partial charge in [-0.15, -0.1) is 0 Å². The number of fused-ring (bicyclic) bond motifs is 1. The zero-order chi connectivity index (χ0) is 15.5. The van der Waals surface area contributed by atoms with E-state index in [9.17, 15) is 8.42 Å². The van der Waals surface area contributed by atoms with Gasteiger partial charge in [0.15, 0.2) is 10.2 Å². The Hall–Kier alpha value is -1.15. The van der Waals surface area contributed by atoms with Gasteiger partial charge < -0.3 is 4.74 Å². The van der Waals surface area contributed by atoms with E-state index in [0.29, 0.717) is 25.4 Å². The number of likely N-dealkylation sites (N-methyl/N-ethyl adjacent to an activating group) is 1. The fourth-order valence-electron chi connectivity index (χ4n) is 2.06. The van der Waals surface area contributed by atoms with Crippen molar-refractivity contribution in [3.63, 3.8) is 0 Å². The average Bonchev–Trinajstić information content (AvgIpc) is 2.79. The predicted molar refractivity (Wildman–Crippen MR) is 81.1 cm³/mol. The Morgan fingerprint density at radius 3 is 2.81 bits per heavy atom. The Morgan fingerprint density at radius 2 is 2.14 bits per heavy atom. The van der Waals surface area contributed by atoms with Gasteiger partial charge in [-0.25, -0.2) is 13.4 Å². The van der Waals surface area contributed by atoms with Crippen molar-refractivity contribution in [2.75, 3.05) is 26.3 Å². The maximum absolute atomic E-state index is 12.8. The van der Waals surface area contributed by atoms with Crippen LogP contribution in [0.15, 0.2) is 29.4 Å². The van der Waals surface area contributed by atoms with E-state index >= 15 is 0 Å². The molecule has 0 bridgehead atoms. The Bertz CT molecular complexity index is 715. The number of nitrogens with zero attached hydrogens (tertiary/aromatic N) is 3. The predicted octanol–water partition coefficient (Wildman–Crippen LogP) is 2.03. The summed E-state index contributed by atoms with van der Waals surface area (Å²) < 4.78 is 33.6. The minimum Gasteiger partial charge on any atom is -0.380 e. The molecule has 0 spiro atoms. The minimum atomic E-state index is -3.72. The van der Waals surface area contributed by atoms with E-state index < -0.39 is 10.0 Å². The second-order valence-electron chi connectivity index (χ2n) is 4.33. The van der Waals surface area contributed by atoms with E-state index in [1.54, 1.807) is 31.3 Å². The quantitative estimate of drug-likeness (QED) is 0.728. The number of rotatable bonds is 7. The summed E-state index contributed by atoms with van der Waals surface area (Å²) in [6, 6.07) is 5.23. The lowest BCUT2D eigenvalue weighted by Crippen LogP contribution is -2.34. The van der Waals surface area contributed by atoms with Crippen LogP contribution in [-0.4, -0.2) is 48.4 Å². The molecule has 21 heavy (non-hydrogen) atoms. The van der Waals surface area contributed by atoms with Gasteiger partial charge in [-0.2, -0.15) is 4.31 Å². The fourth-order valence-corrected chi connectivity index (χ4v) is 4.09. The Morgan fingerprint density at radius 1 is 1.38 bits per heavy atom. The van der Waals surface area contributed by atoms with Gasteiger partial charge in [-0.05, 0) is 19.1 Å². The first kappa shape index (κ1) is 16.2. The van der Waals surface area contributed by atoms with E-state index in [2.05, 4.69) is 4.98 Å². The highest BCUT2D eigenvalue weighted by atomic mass is 35.5. The summed E-state index contributed by atoms with van der Waals surface area (Å²) in [5.41, 5.74) is 0.502. The van der Waals surface area contributed by atoms with Crippen LogP contribution < -0.4 is 0 Å². The number of sulfonamides is 1. The third kappa shape index (κ3) is 3.21. The van der Waals surface area contributed by atoms with E-state index in [0.717, 1.165) is 0 Å². The number of imidazole rings is 1. The molecule has 116 valence electrons. The van der Waals surface area contributed by atoms with Crippen molar-refractivity contribution >= 4 is 27.3 Å². The molecule has 0 aliphatic carbocycles. The normalized spacial score (nSPS) is 12.4. The Labute approximate surface area is 129 Å². The maximum atomic E-state index is 12.8. The molecule has 0 radical (unpaired) electrons. The summed E-state index contributed by atoms with van der Waals surface area (Å²) in [6.45, 7) is 5.16. The standard InChI is InChI=1S/C13H18ClN3O3S/c1-3-16(9-10-20-4-2)21(18,19)13-12(14)15-11-7-5-6-8-17(11)13/h5-8H,3-4,9-10H2,1-2H3. The van der Waals surface area contributed by atoms with Crippen molar-refractivity contribution < 1.29 is 13.2 Å². The first-order valence-corrected chi connectivity index (χ1v) is 8.54. The summed E-state index contributed by atoms with van der Waals surface area (Å²) in [5.74, 6) is 0. The summed E-state index contributed by atoms with van der Waals surface area (Å²) in [5, 5.41) is -0.0193. The van der Waals surface area contributed by atoms with E-state index in [4.69, 9.17) is 16.3 Å². The molecule has 0 fully saturated rings. The summed E-state index contributed by atoms with van der Waals surface area (Å²) in [7, 11) is -3.72. The molecular formula is C13H18ClN3O3S. The molecule has 0 saturated heterocycles. The first-order chi connectivity index (χ1) is 10.0. The summed E-state index contributed by atoms with van der Waals surface area (Å²) >= 11 is 6.05. The van der Waals surface area contributed by atoms with Crippen molar-refractivity contribution in [2.45, 2.75) is 18.9 Å². The van der Waals surface area contributed by atoms with Gasteiger partial charge in [-0.3, -0.25) is 4.40 Å². The molecule has 0 N–H and O–H groups in total. The highest BCUT2D eigenvalue weighted by Crippen LogP contribution is 2.25. The molecule has 2 rings (SSSR count). The smallest absolute Gasteiger partial charge is 0.262 e. The summed E-state index contributed by atoms with van der Waals surface area (Å²) in [4.78, 5) is 4.08. The molecule has 6 nitrogen and oxygen atoms in total. The Balaban J connectivity index is 2.42. The van der Waals surface area contributed by atoms with Crippen LogP contribution in [0, 0.1) is 0 Å². The monoisotopic (exact) mass is 331 g/mol. The van der Waals surface area contributed by atoms with E-state index in [-0.39, 0.29) is 16.7 Å². The van der Waals surface area contributed by atoms with E-state index in [1.807, 2.05) is 6.92 Å². The van der Waals surface area contributed by atoms with E-state index in [1.165, 1.54) is 8.71 Å². The van der Waals surface area contributed by atoms with Crippen LogP contribution in [0.4, 0.5) is 0 Å². The van der Waals surface area contributed by atoms with Crippen LogP contribution in [0.1, 0.15) is 13.8 Å². The molecule has 0 amide bonds. The van der Waals surface area contributed by atoms with Gasteiger partial charge >= 0.3 is 0 Å². The molecular weight excluding hydrogens is 314 g/mol. The van der Waals surface area contributed by atoms with Crippen molar-refractivity contribution in [2.24, 2.45) is 0 Å². The molecule has 0 aliphatic rings. The fraction of sp³-hybridized carbons (Fsp3) is 0.462. The van der Waals surface area contributed by atoms with Gasteiger partial charge in [-0.1, -0.05) is 24.6 Å². The second-order valence-corrected chi connectivity index (χ2v) is 6.54. The number of hydrogen-bond donors (Lipinski definition) is 0. The van der Waals surface area contributed by atoms with Crippen LogP contribution in [0.2, 0.25) is 5.15 Å². The third-order valence-electron chi connectivity index (χ3n) is 3.07. The number of pyridine rings is 1. The van der Waals surface area contributed by atoms with Crippen LogP contribution in [0.25, 0.3) is 5.65 Å². The number of hydrogen-bond acceptors (Lipinski definition) is 4. The molecule has 2 heterocycles. The highest BCUT2D eigenvalue weighted by Gasteiger charge is 2.29. The largest absolute Gasteiger partial charge is 0.380 e. The van der Waals surface area contributed by atoms with Crippen molar-refractivity contribution in [3.8, 4) is 0 Å². The van der Waals surface area contributed by atoms with Crippen LogP contribution in [0.3, 0.4) is 0 Å². The zero-order valence-electron chi connectivity index (χ0n) is 12.0. The van der Waals surface area contributed by atoms with Crippen LogP contribution >= 0.6 is 11.6 Å². The molecule has 2 aromatic rings. The minimum absolute atomic E-state index is 0.00175. The van der Waals surface area contributed by atoms with Crippen LogP contribution in [-0.2, 0) is 14.8 Å². The second kappa shape index (κ2) is 6.74. The van der Waals surface area contributed by atoms with Crippen molar-refractivity contribution in [1.29, 1.82) is 0 Å². The molecule has 0 aliphatic heterocycles. The first-order valence-electron chi connectivity index (χ1n) is 6.72. The average molecular weight is 332 g/mol. The highest BCUT2D eigenvalue weighted by molar-refractivity contribution is 7.89. The zero-order valence-corrected chi connectivity index (χ0v) is 13.6. The lowest BCUT2D eigenvalue weighted by molar-refractivity contribution is 0.135. The van der Waals surface area contributed by atoms with Gasteiger partial charge in [0.1, 0.15) is 5.65 Å². The van der Waals surface area contributed by atoms with Crippen LogP contribution in [0.5, 0.6) is 0 Å². The third-order valence-corrected chi connectivity index (χ3v) is 5.45. The summed E-state index contributed by atoms with van der Waals surface area (Å²) in [6.07, 6.45) is 1.64. The maximum Gasteiger partial charge on any atom is 0.262 e. The van der Waals surface area contributed by atoms with Crippen molar-refractivity contribution in [3.05, 3.63) is 29.5 Å². The lowest BCUT2D eigenvalue weighted by atomic mass is 10.5. The molecule has 8 heteroatoms. The lowest BCUT2D eigenvalue weighted by Gasteiger charge is -2.20. The van der Waals surface area contributed by atoms with Gasteiger partial charge in [0.25, 0.3) is 10.0 Å².